The molecule has 1 aromatic heterocycles. The summed E-state index contributed by atoms with van der Waals surface area (Å²) < 4.78 is 38.0. The second-order valence-electron chi connectivity index (χ2n) is 2.88. The number of rotatable bonds is 1. The van der Waals surface area contributed by atoms with Gasteiger partial charge in [-0.3, -0.25) is 0 Å². The molecule has 0 bridgehead atoms. The Morgan fingerprint density at radius 2 is 2.00 bits per heavy atom. The molecule has 0 aliphatic heterocycles. The molecule has 66 valence electrons. The van der Waals surface area contributed by atoms with Gasteiger partial charge in [-0.2, -0.15) is 13.2 Å². The molecule has 1 aromatic rings. The summed E-state index contributed by atoms with van der Waals surface area (Å²) in [5, 5.41) is 6.72. The molecule has 1 heterocycles. The molecule has 6 heteroatoms. The van der Waals surface area contributed by atoms with Crippen molar-refractivity contribution in [1.82, 2.24) is 15.0 Å². The van der Waals surface area contributed by atoms with Gasteiger partial charge in [0.05, 0.1) is 6.20 Å². The maximum absolute atomic E-state index is 12.4. The van der Waals surface area contributed by atoms with Gasteiger partial charge in [-0.15, -0.1) is 5.10 Å². The summed E-state index contributed by atoms with van der Waals surface area (Å²) in [4.78, 5) is 0. The molecule has 0 amide bonds. The van der Waals surface area contributed by atoms with Crippen LogP contribution in [0, 0.1) is 0 Å². The molecule has 0 N–H and O–H groups in total. The molecule has 1 aliphatic carbocycles. The lowest BCUT2D eigenvalue weighted by Crippen LogP contribution is -2.35. The van der Waals surface area contributed by atoms with E-state index in [4.69, 9.17) is 0 Å². The zero-order valence-electron chi connectivity index (χ0n) is 6.04. The first kappa shape index (κ1) is 7.57. The van der Waals surface area contributed by atoms with Crippen molar-refractivity contribution in [1.29, 1.82) is 0 Å². The summed E-state index contributed by atoms with van der Waals surface area (Å²) in [6.45, 7) is 0. The van der Waals surface area contributed by atoms with Gasteiger partial charge in [0.2, 0.25) is 0 Å². The van der Waals surface area contributed by atoms with Crippen molar-refractivity contribution in [2.75, 3.05) is 0 Å². The second-order valence-corrected chi connectivity index (χ2v) is 2.88. The predicted molar refractivity (Wildman–Crippen MR) is 33.3 cm³/mol. The number of aromatic nitrogens is 3. The van der Waals surface area contributed by atoms with Crippen LogP contribution in [0.25, 0.3) is 0 Å². The Kier molecular flexibility index (Phi) is 1.26. The smallest absolute Gasteiger partial charge is 0.237 e. The number of hydrogen-bond donors (Lipinski definition) is 0. The summed E-state index contributed by atoms with van der Waals surface area (Å²) in [6.07, 6.45) is -1.48. The zero-order chi connectivity index (χ0) is 8.82. The monoisotopic (exact) mass is 177 g/mol. The number of nitrogens with zero attached hydrogens (tertiary/aromatic N) is 3. The molecular formula is C6H6F3N3. The number of alkyl halides is 3. The summed E-state index contributed by atoms with van der Waals surface area (Å²) >= 11 is 0. The van der Waals surface area contributed by atoms with Crippen LogP contribution < -0.4 is 0 Å². The van der Waals surface area contributed by atoms with Gasteiger partial charge in [0.15, 0.2) is 5.54 Å². The lowest BCUT2D eigenvalue weighted by Gasteiger charge is -2.18. The van der Waals surface area contributed by atoms with Crippen LogP contribution >= 0.6 is 0 Å². The minimum atomic E-state index is -4.21. The van der Waals surface area contributed by atoms with Crippen molar-refractivity contribution in [3.63, 3.8) is 0 Å². The number of halogens is 3. The van der Waals surface area contributed by atoms with Crippen molar-refractivity contribution >= 4 is 0 Å². The van der Waals surface area contributed by atoms with E-state index in [0.29, 0.717) is 0 Å². The van der Waals surface area contributed by atoms with Crippen LogP contribution in [0.5, 0.6) is 0 Å². The van der Waals surface area contributed by atoms with Crippen LogP contribution in [0.1, 0.15) is 12.8 Å². The van der Waals surface area contributed by atoms with E-state index in [1.807, 2.05) is 0 Å². The van der Waals surface area contributed by atoms with E-state index < -0.39 is 11.7 Å². The molecule has 0 unspecified atom stereocenters. The highest BCUT2D eigenvalue weighted by Gasteiger charge is 2.65. The second kappa shape index (κ2) is 1.99. The Hall–Kier alpha value is -1.07. The SMILES string of the molecule is FC(F)(F)C1(n2ccnn2)CC1. The molecular weight excluding hydrogens is 171 g/mol. The zero-order valence-corrected chi connectivity index (χ0v) is 6.04. The highest BCUT2D eigenvalue weighted by Crippen LogP contribution is 2.54. The van der Waals surface area contributed by atoms with Gasteiger partial charge in [-0.25, -0.2) is 4.68 Å². The van der Waals surface area contributed by atoms with Crippen molar-refractivity contribution in [2.24, 2.45) is 0 Å². The van der Waals surface area contributed by atoms with Gasteiger partial charge >= 0.3 is 6.18 Å². The normalized spacial score (nSPS) is 20.9. The number of hydrogen-bond acceptors (Lipinski definition) is 2. The molecule has 12 heavy (non-hydrogen) atoms. The van der Waals surface area contributed by atoms with E-state index in [0.717, 1.165) is 4.68 Å². The fraction of sp³-hybridized carbons (Fsp3) is 0.667. The Labute approximate surface area is 66.2 Å². The van der Waals surface area contributed by atoms with Crippen LogP contribution in [0.2, 0.25) is 0 Å². The molecule has 1 aliphatic rings. The van der Waals surface area contributed by atoms with Gasteiger partial charge in [-0.1, -0.05) is 5.21 Å². The molecule has 1 saturated carbocycles. The van der Waals surface area contributed by atoms with Crippen LogP contribution in [0.4, 0.5) is 13.2 Å². The summed E-state index contributed by atoms with van der Waals surface area (Å²) in [6, 6.07) is 0. The molecule has 0 atom stereocenters. The van der Waals surface area contributed by atoms with E-state index in [-0.39, 0.29) is 12.8 Å². The molecule has 0 aromatic carbocycles. The molecule has 0 spiro atoms. The average Bonchev–Trinajstić information content (AvgIpc) is 2.61. The highest BCUT2D eigenvalue weighted by atomic mass is 19.4. The molecule has 3 nitrogen and oxygen atoms in total. The van der Waals surface area contributed by atoms with Crippen molar-refractivity contribution in [3.05, 3.63) is 12.4 Å². The van der Waals surface area contributed by atoms with Crippen LogP contribution in [0.15, 0.2) is 12.4 Å². The van der Waals surface area contributed by atoms with E-state index in [2.05, 4.69) is 10.3 Å². The highest BCUT2D eigenvalue weighted by molar-refractivity contribution is 5.04. The Bertz CT molecular complexity index is 273. The third kappa shape index (κ3) is 0.835. The van der Waals surface area contributed by atoms with Crippen LogP contribution in [0.3, 0.4) is 0 Å². The predicted octanol–water partition coefficient (Wildman–Crippen LogP) is 1.33. The van der Waals surface area contributed by atoms with Crippen molar-refractivity contribution in [2.45, 2.75) is 24.6 Å². The van der Waals surface area contributed by atoms with E-state index in [1.54, 1.807) is 0 Å². The Morgan fingerprint density at radius 1 is 1.33 bits per heavy atom. The summed E-state index contributed by atoms with van der Waals surface area (Å²) in [5.41, 5.74) is -1.75. The minimum absolute atomic E-state index is 0.111. The first-order chi connectivity index (χ1) is 5.56. The van der Waals surface area contributed by atoms with E-state index in [9.17, 15) is 13.2 Å². The van der Waals surface area contributed by atoms with Crippen LogP contribution in [-0.4, -0.2) is 21.2 Å². The Morgan fingerprint density at radius 3 is 2.33 bits per heavy atom. The third-order valence-electron chi connectivity index (χ3n) is 2.11. The lowest BCUT2D eigenvalue weighted by atomic mass is 10.3. The standard InChI is InChI=1S/C6H6F3N3/c7-6(8,9)5(1-2-5)12-4-3-10-11-12/h3-4H,1-2H2. The largest absolute Gasteiger partial charge is 0.413 e. The van der Waals surface area contributed by atoms with Gasteiger partial charge in [0.1, 0.15) is 0 Å². The summed E-state index contributed by atoms with van der Waals surface area (Å²) in [7, 11) is 0. The lowest BCUT2D eigenvalue weighted by molar-refractivity contribution is -0.182. The quantitative estimate of drug-likeness (QED) is 0.647. The maximum atomic E-state index is 12.4. The van der Waals surface area contributed by atoms with Crippen molar-refractivity contribution < 1.29 is 13.2 Å². The van der Waals surface area contributed by atoms with E-state index >= 15 is 0 Å². The average molecular weight is 177 g/mol. The maximum Gasteiger partial charge on any atom is 0.413 e. The molecule has 0 radical (unpaired) electrons. The van der Waals surface area contributed by atoms with Gasteiger partial charge in [-0.05, 0) is 12.8 Å². The fourth-order valence-electron chi connectivity index (χ4n) is 1.20. The first-order valence-electron chi connectivity index (χ1n) is 3.50. The molecule has 1 fully saturated rings. The van der Waals surface area contributed by atoms with Crippen molar-refractivity contribution in [3.8, 4) is 0 Å². The van der Waals surface area contributed by atoms with Gasteiger partial charge in [0.25, 0.3) is 0 Å². The molecule has 0 saturated heterocycles. The fourth-order valence-corrected chi connectivity index (χ4v) is 1.20. The molecule has 2 rings (SSSR count). The van der Waals surface area contributed by atoms with Gasteiger partial charge in [0, 0.05) is 6.20 Å². The summed E-state index contributed by atoms with van der Waals surface area (Å²) in [5.74, 6) is 0. The minimum Gasteiger partial charge on any atom is -0.237 e. The van der Waals surface area contributed by atoms with E-state index in [1.165, 1.54) is 12.4 Å². The van der Waals surface area contributed by atoms with Gasteiger partial charge < -0.3 is 0 Å². The van der Waals surface area contributed by atoms with Crippen LogP contribution in [-0.2, 0) is 5.54 Å². The first-order valence-corrected chi connectivity index (χ1v) is 3.50. The topological polar surface area (TPSA) is 30.7 Å². The Balaban J connectivity index is 2.35. The third-order valence-corrected chi connectivity index (χ3v) is 2.11.